The van der Waals surface area contributed by atoms with Crippen LogP contribution in [0.4, 0.5) is 0 Å². The van der Waals surface area contributed by atoms with Gasteiger partial charge in [0, 0.05) is 26.2 Å². The van der Waals surface area contributed by atoms with E-state index in [0.717, 1.165) is 25.2 Å². The van der Waals surface area contributed by atoms with Gasteiger partial charge in [-0.3, -0.25) is 9.69 Å². The maximum absolute atomic E-state index is 11.5. The summed E-state index contributed by atoms with van der Waals surface area (Å²) < 4.78 is 11.4. The van der Waals surface area contributed by atoms with Gasteiger partial charge in [0.2, 0.25) is 5.91 Å². The molecule has 0 aliphatic carbocycles. The predicted molar refractivity (Wildman–Crippen MR) is 112 cm³/mol. The first-order chi connectivity index (χ1) is 14.1. The predicted octanol–water partition coefficient (Wildman–Crippen LogP) is 1.63. The summed E-state index contributed by atoms with van der Waals surface area (Å²) in [6.07, 6.45) is 5.80. The zero-order valence-electron chi connectivity index (χ0n) is 17.6. The molecule has 2 aliphatic rings. The summed E-state index contributed by atoms with van der Waals surface area (Å²) >= 11 is 0. The zero-order chi connectivity index (χ0) is 20.5. The van der Waals surface area contributed by atoms with Crippen molar-refractivity contribution in [3.8, 4) is 11.5 Å². The van der Waals surface area contributed by atoms with Crippen LogP contribution in [0.3, 0.4) is 0 Å². The Kier molecular flexibility index (Phi) is 8.58. The molecule has 162 valence electrons. The van der Waals surface area contributed by atoms with Crippen LogP contribution in [-0.2, 0) is 11.3 Å². The molecule has 7 heteroatoms. The third kappa shape index (κ3) is 7.17. The quantitative estimate of drug-likeness (QED) is 0.685. The number of β-amino-alcohol motifs (C(OH)–C–C–N with tert-alkyl or cyclic N) is 1. The molecule has 3 rings (SSSR count). The number of rotatable bonds is 8. The lowest BCUT2D eigenvalue weighted by atomic mass is 10.1. The largest absolute Gasteiger partial charge is 0.493 e. The Bertz CT molecular complexity index is 647. The zero-order valence-corrected chi connectivity index (χ0v) is 17.6. The lowest BCUT2D eigenvalue weighted by molar-refractivity contribution is -0.124. The molecule has 0 bridgehead atoms. The number of methoxy groups -OCH3 is 1. The molecule has 2 heterocycles. The molecule has 0 spiro atoms. The molecule has 2 saturated heterocycles. The van der Waals surface area contributed by atoms with E-state index in [1.54, 1.807) is 7.11 Å². The standard InChI is InChI=1S/C22H35N3O4/c1-28-21-13-18(14-25-12-9-23-22(27)16-25)7-8-20(21)29-17-19(26)15-24-10-5-3-2-4-6-11-24/h7-8,13,19,26H,2-6,9-12,14-17H2,1H3,(H,23,27)/t19-/m1/s1. The van der Waals surface area contributed by atoms with Gasteiger partial charge in [-0.1, -0.05) is 25.3 Å². The minimum absolute atomic E-state index is 0.0668. The minimum Gasteiger partial charge on any atom is -0.493 e. The van der Waals surface area contributed by atoms with Crippen LogP contribution in [0.5, 0.6) is 11.5 Å². The van der Waals surface area contributed by atoms with Crippen molar-refractivity contribution in [2.75, 3.05) is 53.0 Å². The number of carbonyl (C=O) groups excluding carboxylic acids is 1. The van der Waals surface area contributed by atoms with Crippen molar-refractivity contribution in [3.05, 3.63) is 23.8 Å². The highest BCUT2D eigenvalue weighted by atomic mass is 16.5. The maximum atomic E-state index is 11.5. The Hall–Kier alpha value is -1.83. The van der Waals surface area contributed by atoms with E-state index in [-0.39, 0.29) is 12.5 Å². The van der Waals surface area contributed by atoms with Crippen LogP contribution < -0.4 is 14.8 Å². The fraction of sp³-hybridized carbons (Fsp3) is 0.682. The Morgan fingerprint density at radius 2 is 1.83 bits per heavy atom. The Balaban J connectivity index is 1.49. The summed E-state index contributed by atoms with van der Waals surface area (Å²) in [7, 11) is 1.62. The highest BCUT2D eigenvalue weighted by Gasteiger charge is 2.18. The molecule has 2 aliphatic heterocycles. The van der Waals surface area contributed by atoms with Gasteiger partial charge in [0.25, 0.3) is 0 Å². The Morgan fingerprint density at radius 1 is 1.07 bits per heavy atom. The minimum atomic E-state index is -0.523. The van der Waals surface area contributed by atoms with Gasteiger partial charge in [0.05, 0.1) is 13.7 Å². The second-order valence-electron chi connectivity index (χ2n) is 8.08. The van der Waals surface area contributed by atoms with Crippen molar-refractivity contribution in [3.63, 3.8) is 0 Å². The van der Waals surface area contributed by atoms with Gasteiger partial charge in [-0.15, -0.1) is 0 Å². The van der Waals surface area contributed by atoms with E-state index in [2.05, 4.69) is 15.1 Å². The summed E-state index contributed by atoms with van der Waals surface area (Å²) in [6, 6.07) is 5.84. The molecular formula is C22H35N3O4. The highest BCUT2D eigenvalue weighted by Crippen LogP contribution is 2.29. The smallest absolute Gasteiger partial charge is 0.234 e. The summed E-state index contributed by atoms with van der Waals surface area (Å²) in [5.41, 5.74) is 1.07. The van der Waals surface area contributed by atoms with Gasteiger partial charge in [-0.05, 0) is 43.6 Å². The van der Waals surface area contributed by atoms with Gasteiger partial charge in [0.15, 0.2) is 11.5 Å². The number of aliphatic hydroxyl groups excluding tert-OH is 1. The van der Waals surface area contributed by atoms with Crippen molar-refractivity contribution in [1.29, 1.82) is 0 Å². The molecule has 0 radical (unpaired) electrons. The third-order valence-electron chi connectivity index (χ3n) is 5.60. The number of aliphatic hydroxyl groups is 1. The first-order valence-corrected chi connectivity index (χ1v) is 10.8. The van der Waals surface area contributed by atoms with Gasteiger partial charge in [0.1, 0.15) is 12.7 Å². The number of amides is 1. The normalized spacial score (nSPS) is 20.4. The number of hydrogen-bond donors (Lipinski definition) is 2. The fourth-order valence-corrected chi connectivity index (χ4v) is 4.05. The van der Waals surface area contributed by atoms with E-state index in [9.17, 15) is 9.90 Å². The molecule has 1 amide bonds. The van der Waals surface area contributed by atoms with Gasteiger partial charge < -0.3 is 24.8 Å². The second kappa shape index (κ2) is 11.4. The summed E-state index contributed by atoms with van der Waals surface area (Å²) in [4.78, 5) is 16.0. The monoisotopic (exact) mass is 405 g/mol. The molecule has 1 aromatic carbocycles. The summed E-state index contributed by atoms with van der Waals surface area (Å²) in [6.45, 7) is 5.66. The average Bonchev–Trinajstić information content (AvgIpc) is 2.69. The van der Waals surface area contributed by atoms with Gasteiger partial charge >= 0.3 is 0 Å². The first kappa shape index (κ1) is 21.9. The van der Waals surface area contributed by atoms with Crippen LogP contribution in [0.15, 0.2) is 18.2 Å². The van der Waals surface area contributed by atoms with Crippen LogP contribution in [-0.4, -0.2) is 79.9 Å². The van der Waals surface area contributed by atoms with Crippen LogP contribution in [0, 0.1) is 0 Å². The topological polar surface area (TPSA) is 74.3 Å². The molecular weight excluding hydrogens is 370 g/mol. The number of ether oxygens (including phenoxy) is 2. The van der Waals surface area contributed by atoms with E-state index >= 15 is 0 Å². The van der Waals surface area contributed by atoms with E-state index in [0.29, 0.717) is 37.7 Å². The van der Waals surface area contributed by atoms with Crippen molar-refractivity contribution in [2.24, 2.45) is 0 Å². The number of likely N-dealkylation sites (tertiary alicyclic amines) is 1. The van der Waals surface area contributed by atoms with E-state index in [1.807, 2.05) is 18.2 Å². The second-order valence-corrected chi connectivity index (χ2v) is 8.08. The number of benzene rings is 1. The van der Waals surface area contributed by atoms with Crippen LogP contribution in [0.25, 0.3) is 0 Å². The molecule has 1 aromatic rings. The summed E-state index contributed by atoms with van der Waals surface area (Å²) in [5.74, 6) is 1.36. The van der Waals surface area contributed by atoms with Crippen molar-refractivity contribution < 1.29 is 19.4 Å². The molecule has 0 aromatic heterocycles. The molecule has 2 fully saturated rings. The molecule has 0 saturated carbocycles. The first-order valence-electron chi connectivity index (χ1n) is 10.8. The number of nitrogens with zero attached hydrogens (tertiary/aromatic N) is 2. The molecule has 7 nitrogen and oxygen atoms in total. The fourth-order valence-electron chi connectivity index (χ4n) is 4.05. The number of nitrogens with one attached hydrogen (secondary N) is 1. The van der Waals surface area contributed by atoms with Crippen LogP contribution in [0.2, 0.25) is 0 Å². The summed E-state index contributed by atoms with van der Waals surface area (Å²) in [5, 5.41) is 13.3. The maximum Gasteiger partial charge on any atom is 0.234 e. The Morgan fingerprint density at radius 3 is 2.55 bits per heavy atom. The van der Waals surface area contributed by atoms with E-state index in [4.69, 9.17) is 9.47 Å². The van der Waals surface area contributed by atoms with Crippen molar-refractivity contribution in [2.45, 2.75) is 44.8 Å². The van der Waals surface area contributed by atoms with Gasteiger partial charge in [-0.25, -0.2) is 0 Å². The number of piperazine rings is 1. The molecule has 0 unspecified atom stereocenters. The van der Waals surface area contributed by atoms with Crippen molar-refractivity contribution in [1.82, 2.24) is 15.1 Å². The number of carbonyl (C=O) groups is 1. The number of hydrogen-bond acceptors (Lipinski definition) is 6. The molecule has 29 heavy (non-hydrogen) atoms. The third-order valence-corrected chi connectivity index (χ3v) is 5.60. The van der Waals surface area contributed by atoms with Crippen LogP contribution >= 0.6 is 0 Å². The lowest BCUT2D eigenvalue weighted by Gasteiger charge is -2.27. The van der Waals surface area contributed by atoms with Gasteiger partial charge in [-0.2, -0.15) is 0 Å². The average molecular weight is 406 g/mol. The molecule has 2 N–H and O–H groups in total. The van der Waals surface area contributed by atoms with Crippen LogP contribution in [0.1, 0.15) is 37.7 Å². The van der Waals surface area contributed by atoms with E-state index in [1.165, 1.54) is 32.1 Å². The van der Waals surface area contributed by atoms with Crippen molar-refractivity contribution >= 4 is 5.91 Å². The molecule has 1 atom stereocenters. The SMILES string of the molecule is COc1cc(CN2CCNC(=O)C2)ccc1OC[C@H](O)CN1CCCCCCC1. The Labute approximate surface area is 174 Å². The van der Waals surface area contributed by atoms with E-state index < -0.39 is 6.10 Å². The lowest BCUT2D eigenvalue weighted by Crippen LogP contribution is -2.47. The highest BCUT2D eigenvalue weighted by molar-refractivity contribution is 5.78.